The van der Waals surface area contributed by atoms with Gasteiger partial charge >= 0.3 is 0 Å². The Morgan fingerprint density at radius 2 is 2.00 bits per heavy atom. The maximum atomic E-state index is 12.7. The second kappa shape index (κ2) is 8.31. The van der Waals surface area contributed by atoms with Crippen molar-refractivity contribution in [3.05, 3.63) is 71.4 Å². The number of nitrogens with zero attached hydrogens (tertiary/aromatic N) is 3. The molecule has 6 nitrogen and oxygen atoms in total. The zero-order valence-corrected chi connectivity index (χ0v) is 17.2. The number of rotatable bonds is 5. The Kier molecular flexibility index (Phi) is 5.42. The van der Waals surface area contributed by atoms with E-state index in [1.54, 1.807) is 24.4 Å². The highest BCUT2D eigenvalue weighted by Crippen LogP contribution is 2.35. The summed E-state index contributed by atoms with van der Waals surface area (Å²) in [6.07, 6.45) is 3.21. The van der Waals surface area contributed by atoms with Gasteiger partial charge < -0.3 is 10.1 Å². The molecule has 0 fully saturated rings. The maximum Gasteiger partial charge on any atom is 0.257 e. The fourth-order valence-electron chi connectivity index (χ4n) is 3.05. The second-order valence-electron chi connectivity index (χ2n) is 6.84. The van der Waals surface area contributed by atoms with Crippen LogP contribution in [0.2, 0.25) is 0 Å². The minimum absolute atomic E-state index is 0.0146. The molecule has 0 aliphatic carbocycles. The first kappa shape index (κ1) is 19.6. The van der Waals surface area contributed by atoms with Crippen molar-refractivity contribution in [1.82, 2.24) is 9.97 Å². The molecule has 0 unspecified atom stereocenters. The van der Waals surface area contributed by atoms with Gasteiger partial charge in [-0.2, -0.15) is 5.26 Å². The standard InChI is InChI=1S/C23H18N4O2S/c1-14(2)29-21-9-6-15(13-26-21)23(28)27-19-5-3-4-18-17(10-11-25-22(18)19)20-8-7-16(12-24)30-20/h3-11,13-14H,1-2H3,(H,27,28). The molecule has 3 heterocycles. The van der Waals surface area contributed by atoms with E-state index in [4.69, 9.17) is 10.00 Å². The van der Waals surface area contributed by atoms with Crippen LogP contribution in [0.1, 0.15) is 29.1 Å². The first-order valence-electron chi connectivity index (χ1n) is 9.37. The Morgan fingerprint density at radius 3 is 2.70 bits per heavy atom. The van der Waals surface area contributed by atoms with Crippen molar-refractivity contribution >= 4 is 33.8 Å². The fourth-order valence-corrected chi connectivity index (χ4v) is 3.90. The third kappa shape index (κ3) is 4.00. The number of ether oxygens (including phenoxy) is 1. The molecule has 0 saturated carbocycles. The highest BCUT2D eigenvalue weighted by atomic mass is 32.1. The summed E-state index contributed by atoms with van der Waals surface area (Å²) >= 11 is 1.43. The number of hydrogen-bond acceptors (Lipinski definition) is 6. The molecule has 7 heteroatoms. The van der Waals surface area contributed by atoms with Crippen molar-refractivity contribution in [2.24, 2.45) is 0 Å². The molecular formula is C23H18N4O2S. The second-order valence-corrected chi connectivity index (χ2v) is 7.93. The number of anilines is 1. The van der Waals surface area contributed by atoms with Crippen molar-refractivity contribution in [1.29, 1.82) is 5.26 Å². The third-order valence-corrected chi connectivity index (χ3v) is 5.38. The van der Waals surface area contributed by atoms with E-state index in [0.717, 1.165) is 15.8 Å². The quantitative estimate of drug-likeness (QED) is 0.481. The van der Waals surface area contributed by atoms with Crippen LogP contribution in [0.3, 0.4) is 0 Å². The lowest BCUT2D eigenvalue weighted by Crippen LogP contribution is -2.13. The number of hydrogen-bond donors (Lipinski definition) is 1. The molecule has 0 bridgehead atoms. The summed E-state index contributed by atoms with van der Waals surface area (Å²) in [6, 6.07) is 16.8. The molecule has 0 aliphatic heterocycles. The van der Waals surface area contributed by atoms with Crippen LogP contribution in [0.25, 0.3) is 21.3 Å². The Hall–Kier alpha value is -3.76. The number of fused-ring (bicyclic) bond motifs is 1. The van der Waals surface area contributed by atoms with Crippen LogP contribution in [0.4, 0.5) is 5.69 Å². The number of benzene rings is 1. The summed E-state index contributed by atoms with van der Waals surface area (Å²) < 4.78 is 5.52. The van der Waals surface area contributed by atoms with Gasteiger partial charge in [0.2, 0.25) is 5.88 Å². The normalized spacial score (nSPS) is 10.7. The van der Waals surface area contributed by atoms with Gasteiger partial charge in [-0.15, -0.1) is 11.3 Å². The van der Waals surface area contributed by atoms with E-state index < -0.39 is 0 Å². The molecule has 0 atom stereocenters. The molecule has 30 heavy (non-hydrogen) atoms. The molecule has 1 N–H and O–H groups in total. The van der Waals surface area contributed by atoms with E-state index in [9.17, 15) is 4.79 Å². The number of aromatic nitrogens is 2. The number of nitriles is 1. The highest BCUT2D eigenvalue weighted by Gasteiger charge is 2.13. The predicted molar refractivity (Wildman–Crippen MR) is 118 cm³/mol. The van der Waals surface area contributed by atoms with Gasteiger partial charge in [-0.05, 0) is 44.2 Å². The Morgan fingerprint density at radius 1 is 1.13 bits per heavy atom. The monoisotopic (exact) mass is 414 g/mol. The number of pyridine rings is 2. The minimum Gasteiger partial charge on any atom is -0.475 e. The molecule has 1 amide bonds. The van der Waals surface area contributed by atoms with Crippen LogP contribution >= 0.6 is 11.3 Å². The predicted octanol–water partition coefficient (Wildman–Crippen LogP) is 5.27. The van der Waals surface area contributed by atoms with E-state index in [2.05, 4.69) is 21.4 Å². The van der Waals surface area contributed by atoms with Crippen molar-refractivity contribution in [2.75, 3.05) is 5.32 Å². The molecule has 0 aliphatic rings. The van der Waals surface area contributed by atoms with Gasteiger partial charge in [0.05, 0.1) is 22.9 Å². The average Bonchev–Trinajstić information content (AvgIpc) is 3.23. The molecule has 4 aromatic rings. The molecule has 1 aromatic carbocycles. The van der Waals surface area contributed by atoms with Crippen LogP contribution in [-0.4, -0.2) is 22.0 Å². The summed E-state index contributed by atoms with van der Waals surface area (Å²) in [5, 5.41) is 12.9. The van der Waals surface area contributed by atoms with E-state index >= 15 is 0 Å². The Labute approximate surface area is 177 Å². The van der Waals surface area contributed by atoms with Crippen LogP contribution < -0.4 is 10.1 Å². The minimum atomic E-state index is -0.277. The smallest absolute Gasteiger partial charge is 0.257 e. The van der Waals surface area contributed by atoms with Gasteiger partial charge in [0, 0.05) is 34.3 Å². The van der Waals surface area contributed by atoms with Crippen LogP contribution in [0, 0.1) is 11.3 Å². The number of amides is 1. The van der Waals surface area contributed by atoms with Gasteiger partial charge in [-0.3, -0.25) is 9.78 Å². The van der Waals surface area contributed by atoms with Gasteiger partial charge in [0.25, 0.3) is 5.91 Å². The summed E-state index contributed by atoms with van der Waals surface area (Å²) in [5.41, 5.74) is 2.69. The summed E-state index contributed by atoms with van der Waals surface area (Å²) in [5.74, 6) is 0.201. The largest absolute Gasteiger partial charge is 0.475 e. The van der Waals surface area contributed by atoms with E-state index in [1.807, 2.05) is 44.2 Å². The summed E-state index contributed by atoms with van der Waals surface area (Å²) in [4.78, 5) is 23.0. The van der Waals surface area contributed by atoms with Gasteiger partial charge in [0.1, 0.15) is 10.9 Å². The lowest BCUT2D eigenvalue weighted by molar-refractivity contribution is 0.102. The van der Waals surface area contributed by atoms with E-state index in [0.29, 0.717) is 27.5 Å². The average molecular weight is 414 g/mol. The van der Waals surface area contributed by atoms with E-state index in [-0.39, 0.29) is 12.0 Å². The highest BCUT2D eigenvalue weighted by molar-refractivity contribution is 7.16. The third-order valence-electron chi connectivity index (χ3n) is 4.36. The zero-order valence-electron chi connectivity index (χ0n) is 16.4. The van der Waals surface area contributed by atoms with Gasteiger partial charge in [-0.25, -0.2) is 4.98 Å². The molecule has 0 radical (unpaired) electrons. The lowest BCUT2D eigenvalue weighted by Gasteiger charge is -2.11. The molecule has 3 aromatic heterocycles. The zero-order chi connectivity index (χ0) is 21.1. The molecular weight excluding hydrogens is 396 g/mol. The van der Waals surface area contributed by atoms with Crippen molar-refractivity contribution < 1.29 is 9.53 Å². The Bertz CT molecular complexity index is 1260. The first-order valence-corrected chi connectivity index (χ1v) is 10.2. The summed E-state index contributed by atoms with van der Waals surface area (Å²) in [6.45, 7) is 3.84. The number of thiophene rings is 1. The molecule has 0 spiro atoms. The molecule has 0 saturated heterocycles. The van der Waals surface area contributed by atoms with E-state index in [1.165, 1.54) is 17.5 Å². The summed E-state index contributed by atoms with van der Waals surface area (Å²) in [7, 11) is 0. The van der Waals surface area contributed by atoms with Crippen molar-refractivity contribution in [3.8, 4) is 22.4 Å². The van der Waals surface area contributed by atoms with Crippen LogP contribution in [0.15, 0.2) is 60.9 Å². The Balaban J connectivity index is 1.64. The van der Waals surface area contributed by atoms with Gasteiger partial charge in [-0.1, -0.05) is 12.1 Å². The van der Waals surface area contributed by atoms with Crippen molar-refractivity contribution in [2.45, 2.75) is 20.0 Å². The topological polar surface area (TPSA) is 87.9 Å². The molecule has 148 valence electrons. The number of para-hydroxylation sites is 1. The van der Waals surface area contributed by atoms with Crippen LogP contribution in [-0.2, 0) is 0 Å². The maximum absolute atomic E-state index is 12.7. The first-order chi connectivity index (χ1) is 14.5. The van der Waals surface area contributed by atoms with Crippen LogP contribution in [0.5, 0.6) is 5.88 Å². The van der Waals surface area contributed by atoms with Crippen molar-refractivity contribution in [3.63, 3.8) is 0 Å². The number of nitrogens with one attached hydrogen (secondary N) is 1. The lowest BCUT2D eigenvalue weighted by atomic mass is 10.1. The number of carbonyl (C=O) groups is 1. The molecule has 4 rings (SSSR count). The van der Waals surface area contributed by atoms with Gasteiger partial charge in [0.15, 0.2) is 0 Å². The SMILES string of the molecule is CC(C)Oc1ccc(C(=O)Nc2cccc3c(-c4ccc(C#N)s4)ccnc23)cn1. The fraction of sp³-hybridized carbons (Fsp3) is 0.130. The number of carbonyl (C=O) groups excluding carboxylic acids is 1.